The summed E-state index contributed by atoms with van der Waals surface area (Å²) in [6, 6.07) is 7.66. The molecule has 0 atom stereocenters. The van der Waals surface area contributed by atoms with E-state index in [1.807, 2.05) is 45.0 Å². The molecule has 3 nitrogen and oxygen atoms in total. The molecule has 3 heteroatoms. The highest BCUT2D eigenvalue weighted by molar-refractivity contribution is 5.98. The molecule has 2 N–H and O–H groups in total. The predicted molar refractivity (Wildman–Crippen MR) is 62.6 cm³/mol. The average Bonchev–Trinajstić information content (AvgIpc) is 2.25. The maximum Gasteiger partial charge on any atom is 0.0915 e. The van der Waals surface area contributed by atoms with Crippen LogP contribution in [-0.2, 0) is 0 Å². The van der Waals surface area contributed by atoms with Gasteiger partial charge in [0.15, 0.2) is 0 Å². The standard InChI is InChI=1S/C9H11N3.C2H6/c1-8-4-2-3-5-9(8)12(6-10)7-11;1-2/h2-7,10-11H,1H3;1-2H3. The summed E-state index contributed by atoms with van der Waals surface area (Å²) in [5.41, 5.74) is 1.94. The van der Waals surface area contributed by atoms with Crippen molar-refractivity contribution < 1.29 is 0 Å². The van der Waals surface area contributed by atoms with E-state index in [-0.39, 0.29) is 0 Å². The van der Waals surface area contributed by atoms with Crippen LogP contribution in [0, 0.1) is 17.7 Å². The van der Waals surface area contributed by atoms with Gasteiger partial charge in [0, 0.05) is 0 Å². The maximum absolute atomic E-state index is 7.04. The number of benzene rings is 1. The topological polar surface area (TPSA) is 50.9 Å². The molecule has 0 saturated heterocycles. The highest BCUT2D eigenvalue weighted by Gasteiger charge is 2.01. The Kier molecular flexibility index (Phi) is 6.03. The minimum absolute atomic E-state index is 0.877. The molecule has 0 unspecified atom stereocenters. The second-order valence-corrected chi connectivity index (χ2v) is 2.45. The van der Waals surface area contributed by atoms with Gasteiger partial charge in [0.1, 0.15) is 0 Å². The third kappa shape index (κ3) is 3.01. The Balaban J connectivity index is 0.000000791. The molecule has 0 aliphatic rings. The molecule has 0 saturated carbocycles. The van der Waals surface area contributed by atoms with Crippen LogP contribution in [0.3, 0.4) is 0 Å². The van der Waals surface area contributed by atoms with Crippen LogP contribution in [0.4, 0.5) is 5.69 Å². The van der Waals surface area contributed by atoms with Crippen LogP contribution in [0.25, 0.3) is 0 Å². The molecule has 14 heavy (non-hydrogen) atoms. The number of rotatable bonds is 3. The van der Waals surface area contributed by atoms with E-state index in [4.69, 9.17) is 10.8 Å². The van der Waals surface area contributed by atoms with Crippen LogP contribution in [0.2, 0.25) is 0 Å². The Labute approximate surface area is 85.4 Å². The summed E-state index contributed by atoms with van der Waals surface area (Å²) < 4.78 is 0. The van der Waals surface area contributed by atoms with Gasteiger partial charge in [0.2, 0.25) is 0 Å². The fourth-order valence-corrected chi connectivity index (χ4v) is 1.03. The number of hydrogen-bond acceptors (Lipinski definition) is 2. The van der Waals surface area contributed by atoms with Crippen molar-refractivity contribution in [3.63, 3.8) is 0 Å². The molecule has 0 aliphatic carbocycles. The van der Waals surface area contributed by atoms with Gasteiger partial charge in [-0.15, -0.1) is 0 Å². The molecule has 1 aromatic rings. The maximum atomic E-state index is 7.04. The summed E-state index contributed by atoms with van der Waals surface area (Å²) in [6.07, 6.45) is 2.24. The van der Waals surface area contributed by atoms with E-state index in [1.54, 1.807) is 0 Å². The van der Waals surface area contributed by atoms with E-state index in [2.05, 4.69) is 0 Å². The fourth-order valence-electron chi connectivity index (χ4n) is 1.03. The molecular formula is C11H17N3. The van der Waals surface area contributed by atoms with E-state index in [1.165, 1.54) is 4.90 Å². The Bertz CT molecular complexity index is 286. The van der Waals surface area contributed by atoms with Gasteiger partial charge in [-0.05, 0) is 18.6 Å². The lowest BCUT2D eigenvalue weighted by Crippen LogP contribution is -2.18. The van der Waals surface area contributed by atoms with Crippen molar-refractivity contribution in [3.05, 3.63) is 29.8 Å². The molecule has 1 rings (SSSR count). The second kappa shape index (κ2) is 6.83. The third-order valence-electron chi connectivity index (χ3n) is 1.67. The molecule has 0 amide bonds. The second-order valence-electron chi connectivity index (χ2n) is 2.45. The SMILES string of the molecule is CC.Cc1ccccc1N(C=N)C=N. The smallest absolute Gasteiger partial charge is 0.0915 e. The van der Waals surface area contributed by atoms with E-state index in [0.29, 0.717) is 0 Å². The monoisotopic (exact) mass is 191 g/mol. The van der Waals surface area contributed by atoms with Gasteiger partial charge >= 0.3 is 0 Å². The third-order valence-corrected chi connectivity index (χ3v) is 1.67. The first-order chi connectivity index (χ1) is 6.79. The van der Waals surface area contributed by atoms with Gasteiger partial charge in [-0.1, -0.05) is 32.0 Å². The van der Waals surface area contributed by atoms with Crippen molar-refractivity contribution >= 4 is 18.4 Å². The van der Waals surface area contributed by atoms with Crippen LogP contribution in [0.15, 0.2) is 24.3 Å². The minimum Gasteiger partial charge on any atom is -0.292 e. The van der Waals surface area contributed by atoms with E-state index >= 15 is 0 Å². The number of nitrogens with zero attached hydrogens (tertiary/aromatic N) is 1. The van der Waals surface area contributed by atoms with E-state index in [0.717, 1.165) is 23.9 Å². The van der Waals surface area contributed by atoms with Gasteiger partial charge in [0.05, 0.1) is 18.4 Å². The summed E-state index contributed by atoms with van der Waals surface area (Å²) in [5.74, 6) is 0. The molecule has 1 aromatic carbocycles. The molecular weight excluding hydrogens is 174 g/mol. The van der Waals surface area contributed by atoms with E-state index < -0.39 is 0 Å². The Morgan fingerprint density at radius 1 is 1.07 bits per heavy atom. The first-order valence-electron chi connectivity index (χ1n) is 4.64. The summed E-state index contributed by atoms with van der Waals surface area (Å²) in [6.45, 7) is 5.95. The molecule has 0 heterocycles. The van der Waals surface area contributed by atoms with Crippen molar-refractivity contribution in [2.45, 2.75) is 20.8 Å². The van der Waals surface area contributed by atoms with Gasteiger partial charge in [-0.3, -0.25) is 15.7 Å². The lowest BCUT2D eigenvalue weighted by molar-refractivity contribution is 1.34. The Morgan fingerprint density at radius 2 is 1.57 bits per heavy atom. The largest absolute Gasteiger partial charge is 0.292 e. The first kappa shape index (κ1) is 12.4. The van der Waals surface area contributed by atoms with Gasteiger partial charge in [0.25, 0.3) is 0 Å². The van der Waals surface area contributed by atoms with E-state index in [9.17, 15) is 0 Å². The highest BCUT2D eigenvalue weighted by Crippen LogP contribution is 2.16. The molecule has 76 valence electrons. The van der Waals surface area contributed by atoms with Crippen molar-refractivity contribution in [1.82, 2.24) is 0 Å². The van der Waals surface area contributed by atoms with Crippen LogP contribution < -0.4 is 4.90 Å². The number of para-hydroxylation sites is 1. The number of nitrogens with one attached hydrogen (secondary N) is 2. The Hall–Kier alpha value is -1.64. The van der Waals surface area contributed by atoms with Gasteiger partial charge < -0.3 is 0 Å². The lowest BCUT2D eigenvalue weighted by Gasteiger charge is -2.14. The van der Waals surface area contributed by atoms with Crippen LogP contribution in [0.1, 0.15) is 19.4 Å². The quantitative estimate of drug-likeness (QED) is 0.560. The van der Waals surface area contributed by atoms with Crippen LogP contribution in [0.5, 0.6) is 0 Å². The Morgan fingerprint density at radius 3 is 2.00 bits per heavy atom. The van der Waals surface area contributed by atoms with Crippen LogP contribution >= 0.6 is 0 Å². The summed E-state index contributed by atoms with van der Waals surface area (Å²) in [5, 5.41) is 14.1. The number of aryl methyl sites for hydroxylation is 1. The van der Waals surface area contributed by atoms with Crippen molar-refractivity contribution in [2.24, 2.45) is 0 Å². The molecule has 0 spiro atoms. The normalized spacial score (nSPS) is 8.21. The summed E-state index contributed by atoms with van der Waals surface area (Å²) in [4.78, 5) is 1.45. The van der Waals surface area contributed by atoms with Crippen molar-refractivity contribution in [2.75, 3.05) is 4.90 Å². The molecule has 0 aliphatic heterocycles. The molecule has 0 radical (unpaired) electrons. The zero-order chi connectivity index (χ0) is 11.0. The first-order valence-corrected chi connectivity index (χ1v) is 4.64. The minimum atomic E-state index is 0.877. The zero-order valence-electron chi connectivity index (χ0n) is 8.91. The average molecular weight is 191 g/mol. The summed E-state index contributed by atoms with van der Waals surface area (Å²) in [7, 11) is 0. The molecule has 0 aromatic heterocycles. The number of anilines is 1. The summed E-state index contributed by atoms with van der Waals surface area (Å²) >= 11 is 0. The number of hydrogen-bond donors (Lipinski definition) is 2. The van der Waals surface area contributed by atoms with Gasteiger partial charge in [-0.25, -0.2) is 0 Å². The molecule has 0 bridgehead atoms. The van der Waals surface area contributed by atoms with Crippen molar-refractivity contribution in [1.29, 1.82) is 10.8 Å². The van der Waals surface area contributed by atoms with Crippen LogP contribution in [-0.4, -0.2) is 12.7 Å². The molecule has 0 fully saturated rings. The lowest BCUT2D eigenvalue weighted by atomic mass is 10.2. The zero-order valence-corrected chi connectivity index (χ0v) is 8.91. The van der Waals surface area contributed by atoms with Gasteiger partial charge in [-0.2, -0.15) is 0 Å². The fraction of sp³-hybridized carbons (Fsp3) is 0.273. The predicted octanol–water partition coefficient (Wildman–Crippen LogP) is 3.04. The highest BCUT2D eigenvalue weighted by atomic mass is 15.1. The van der Waals surface area contributed by atoms with Crippen molar-refractivity contribution in [3.8, 4) is 0 Å².